The highest BCUT2D eigenvalue weighted by Gasteiger charge is 2.13. The molecule has 3 aromatic rings. The number of amides is 1. The highest BCUT2D eigenvalue weighted by atomic mass is 16.2. The summed E-state index contributed by atoms with van der Waals surface area (Å²) < 4.78 is 0. The molecule has 2 heterocycles. The molecule has 0 aliphatic rings. The molecule has 21 heavy (non-hydrogen) atoms. The van der Waals surface area contributed by atoms with Crippen LogP contribution in [0.1, 0.15) is 16.3 Å². The number of hydrogen-bond donors (Lipinski definition) is 3. The van der Waals surface area contributed by atoms with Crippen LogP contribution in [0.3, 0.4) is 0 Å². The molecule has 8 nitrogen and oxygen atoms in total. The number of aromatic nitrogens is 5. The molecule has 2 aromatic heterocycles. The molecule has 0 fully saturated rings. The molecule has 0 unspecified atom stereocenters. The number of fused-ring (bicyclic) bond motifs is 1. The maximum Gasteiger partial charge on any atom is 0.272 e. The van der Waals surface area contributed by atoms with Gasteiger partial charge in [0, 0.05) is 18.4 Å². The molecule has 0 aliphatic heterocycles. The Kier molecular flexibility index (Phi) is 3.42. The fourth-order valence-corrected chi connectivity index (χ4v) is 2.02. The van der Waals surface area contributed by atoms with Gasteiger partial charge in [0.05, 0.1) is 5.39 Å². The number of nitrogens with zero attached hydrogens (tertiary/aromatic N) is 3. The summed E-state index contributed by atoms with van der Waals surface area (Å²) in [5.74, 6) is 0.344. The topological polar surface area (TPSA) is 116 Å². The smallest absolute Gasteiger partial charge is 0.272 e. The Balaban J connectivity index is 1.78. The third kappa shape index (κ3) is 2.64. The number of rotatable bonds is 4. The molecule has 106 valence electrons. The molecule has 3 rings (SSSR count). The van der Waals surface area contributed by atoms with E-state index in [4.69, 9.17) is 0 Å². The minimum Gasteiger partial charge on any atom is -0.350 e. The van der Waals surface area contributed by atoms with Crippen LogP contribution in [0, 0.1) is 0 Å². The van der Waals surface area contributed by atoms with Gasteiger partial charge in [-0.05, 0) is 6.07 Å². The highest BCUT2D eigenvalue weighted by Crippen LogP contribution is 2.11. The van der Waals surface area contributed by atoms with Crippen LogP contribution in [0.25, 0.3) is 10.8 Å². The summed E-state index contributed by atoms with van der Waals surface area (Å²) in [5.41, 5.74) is -0.119. The lowest BCUT2D eigenvalue weighted by Gasteiger charge is -2.05. The second kappa shape index (κ2) is 5.53. The molecule has 1 amide bonds. The number of hydrogen-bond acceptors (Lipinski definition) is 5. The lowest BCUT2D eigenvalue weighted by atomic mass is 10.1. The SMILES string of the molecule is O=C(NCCc1ncn[nH]1)c1n[nH]c(=O)c2ccccc12. The summed E-state index contributed by atoms with van der Waals surface area (Å²) in [6.45, 7) is 0.392. The standard InChI is InChI=1S/C13H12N6O2/c20-12-9-4-2-1-3-8(9)11(18-19-12)13(21)14-6-5-10-15-7-16-17-10/h1-4,7H,5-6H2,(H,14,21)(H,19,20)(H,15,16,17). The Hall–Kier alpha value is -3.03. The fraction of sp³-hybridized carbons (Fsp3) is 0.154. The summed E-state index contributed by atoms with van der Waals surface area (Å²) >= 11 is 0. The van der Waals surface area contributed by atoms with Crippen molar-refractivity contribution in [2.24, 2.45) is 0 Å². The maximum absolute atomic E-state index is 12.2. The van der Waals surface area contributed by atoms with E-state index in [1.807, 2.05) is 0 Å². The molecule has 0 saturated carbocycles. The van der Waals surface area contributed by atoms with E-state index in [0.717, 1.165) is 0 Å². The maximum atomic E-state index is 12.2. The van der Waals surface area contributed by atoms with Gasteiger partial charge in [0.25, 0.3) is 11.5 Å². The minimum absolute atomic E-state index is 0.197. The molecule has 3 N–H and O–H groups in total. The number of nitrogens with one attached hydrogen (secondary N) is 3. The molecular weight excluding hydrogens is 272 g/mol. The molecule has 0 bridgehead atoms. The van der Waals surface area contributed by atoms with E-state index in [1.165, 1.54) is 6.33 Å². The molecule has 8 heteroatoms. The minimum atomic E-state index is -0.345. The average Bonchev–Trinajstić information content (AvgIpc) is 3.01. The monoisotopic (exact) mass is 284 g/mol. The van der Waals surface area contributed by atoms with E-state index in [9.17, 15) is 9.59 Å². The van der Waals surface area contributed by atoms with Crippen molar-refractivity contribution in [3.8, 4) is 0 Å². The molecule has 0 radical (unpaired) electrons. The first-order chi connectivity index (χ1) is 10.3. The van der Waals surface area contributed by atoms with E-state index < -0.39 is 0 Å². The van der Waals surface area contributed by atoms with E-state index in [-0.39, 0.29) is 17.2 Å². The number of carbonyl (C=O) groups is 1. The summed E-state index contributed by atoms with van der Waals surface area (Å²) in [7, 11) is 0. The zero-order chi connectivity index (χ0) is 14.7. The van der Waals surface area contributed by atoms with Crippen LogP contribution in [0.2, 0.25) is 0 Å². The van der Waals surface area contributed by atoms with Gasteiger partial charge >= 0.3 is 0 Å². The molecular formula is C13H12N6O2. The predicted octanol–water partition coefficient (Wildman–Crippen LogP) is 0.0137. The molecule has 0 aliphatic carbocycles. The molecule has 1 aromatic carbocycles. The van der Waals surface area contributed by atoms with Crippen molar-refractivity contribution in [1.82, 2.24) is 30.7 Å². The highest BCUT2D eigenvalue weighted by molar-refractivity contribution is 6.04. The lowest BCUT2D eigenvalue weighted by Crippen LogP contribution is -2.28. The van der Waals surface area contributed by atoms with Crippen LogP contribution in [0.15, 0.2) is 35.4 Å². The lowest BCUT2D eigenvalue weighted by molar-refractivity contribution is 0.0950. The Morgan fingerprint density at radius 1 is 1.19 bits per heavy atom. The van der Waals surface area contributed by atoms with Gasteiger partial charge in [-0.3, -0.25) is 14.7 Å². The fourth-order valence-electron chi connectivity index (χ4n) is 2.02. The summed E-state index contributed by atoms with van der Waals surface area (Å²) in [4.78, 5) is 27.8. The zero-order valence-corrected chi connectivity index (χ0v) is 11.0. The first-order valence-electron chi connectivity index (χ1n) is 6.35. The Morgan fingerprint density at radius 3 is 2.76 bits per heavy atom. The van der Waals surface area contributed by atoms with Gasteiger partial charge in [0.1, 0.15) is 12.2 Å². The van der Waals surface area contributed by atoms with Crippen LogP contribution in [0.4, 0.5) is 0 Å². The van der Waals surface area contributed by atoms with Gasteiger partial charge in [-0.25, -0.2) is 10.1 Å². The van der Waals surface area contributed by atoms with Crippen LogP contribution in [-0.4, -0.2) is 37.8 Å². The van der Waals surface area contributed by atoms with E-state index in [0.29, 0.717) is 29.6 Å². The van der Waals surface area contributed by atoms with Gasteiger partial charge in [0.15, 0.2) is 5.69 Å². The van der Waals surface area contributed by atoms with Crippen molar-refractivity contribution in [1.29, 1.82) is 0 Å². The number of aromatic amines is 2. The average molecular weight is 284 g/mol. The van der Waals surface area contributed by atoms with Crippen molar-refractivity contribution < 1.29 is 4.79 Å². The van der Waals surface area contributed by atoms with Crippen LogP contribution in [0.5, 0.6) is 0 Å². The second-order valence-corrected chi connectivity index (χ2v) is 4.38. The third-order valence-electron chi connectivity index (χ3n) is 3.02. The number of carbonyl (C=O) groups excluding carboxylic acids is 1. The quantitative estimate of drug-likeness (QED) is 0.624. The summed E-state index contributed by atoms with van der Waals surface area (Å²) in [6, 6.07) is 6.85. The van der Waals surface area contributed by atoms with E-state index >= 15 is 0 Å². The summed E-state index contributed by atoms with van der Waals surface area (Å²) in [6.07, 6.45) is 1.95. The Bertz CT molecular complexity index is 824. The van der Waals surface area contributed by atoms with Gasteiger partial charge in [-0.2, -0.15) is 10.2 Å². The largest absolute Gasteiger partial charge is 0.350 e. The summed E-state index contributed by atoms with van der Waals surface area (Å²) in [5, 5.41) is 16.3. The normalized spacial score (nSPS) is 10.7. The van der Waals surface area contributed by atoms with Crippen molar-refractivity contribution in [2.75, 3.05) is 6.54 Å². The van der Waals surface area contributed by atoms with Gasteiger partial charge in [-0.1, -0.05) is 18.2 Å². The third-order valence-corrected chi connectivity index (χ3v) is 3.02. The van der Waals surface area contributed by atoms with Gasteiger partial charge in [0.2, 0.25) is 0 Å². The molecule has 0 spiro atoms. The van der Waals surface area contributed by atoms with Crippen LogP contribution < -0.4 is 10.9 Å². The second-order valence-electron chi connectivity index (χ2n) is 4.38. The number of benzene rings is 1. The molecule has 0 atom stereocenters. The number of H-pyrrole nitrogens is 2. The Morgan fingerprint density at radius 2 is 2.00 bits per heavy atom. The van der Waals surface area contributed by atoms with Crippen molar-refractivity contribution in [3.05, 3.63) is 52.5 Å². The van der Waals surface area contributed by atoms with E-state index in [1.54, 1.807) is 24.3 Å². The predicted molar refractivity (Wildman–Crippen MR) is 74.8 cm³/mol. The van der Waals surface area contributed by atoms with Gasteiger partial charge < -0.3 is 5.32 Å². The zero-order valence-electron chi connectivity index (χ0n) is 11.0. The first kappa shape index (κ1) is 13.0. The molecule has 0 saturated heterocycles. The van der Waals surface area contributed by atoms with E-state index in [2.05, 4.69) is 30.7 Å². The van der Waals surface area contributed by atoms with Crippen LogP contribution >= 0.6 is 0 Å². The first-order valence-corrected chi connectivity index (χ1v) is 6.35. The van der Waals surface area contributed by atoms with Crippen molar-refractivity contribution in [2.45, 2.75) is 6.42 Å². The van der Waals surface area contributed by atoms with Crippen molar-refractivity contribution in [3.63, 3.8) is 0 Å². The van der Waals surface area contributed by atoms with Crippen LogP contribution in [-0.2, 0) is 6.42 Å². The Labute approximate surface area is 118 Å². The van der Waals surface area contributed by atoms with Crippen molar-refractivity contribution >= 4 is 16.7 Å². The van der Waals surface area contributed by atoms with Gasteiger partial charge in [-0.15, -0.1) is 0 Å².